The van der Waals surface area contributed by atoms with Crippen LogP contribution in [0.4, 0.5) is 0 Å². The van der Waals surface area contributed by atoms with E-state index in [4.69, 9.17) is 15.6 Å². The molecule has 0 saturated heterocycles. The Kier molecular flexibility index (Phi) is 4.62. The molecule has 0 radical (unpaired) electrons. The second-order valence-corrected chi connectivity index (χ2v) is 4.37. The van der Waals surface area contributed by atoms with Gasteiger partial charge in [0.2, 0.25) is 0 Å². The second kappa shape index (κ2) is 6.62. The van der Waals surface area contributed by atoms with Crippen molar-refractivity contribution in [3.8, 4) is 18.1 Å². The van der Waals surface area contributed by atoms with Gasteiger partial charge in [-0.05, 0) is 24.1 Å². The fraction of sp³-hybridized carbons (Fsp3) is 0.250. The quantitative estimate of drug-likeness (QED) is 0.667. The third-order valence-corrected chi connectivity index (χ3v) is 2.94. The third-order valence-electron chi connectivity index (χ3n) is 2.94. The summed E-state index contributed by atoms with van der Waals surface area (Å²) in [5, 5.41) is 3.36. The number of nitrogens with one attached hydrogen (secondary N) is 1. The van der Waals surface area contributed by atoms with Gasteiger partial charge in [0.05, 0.1) is 6.54 Å². The standard InChI is InChI=1S/C16H15NO4/c1-3-7-17-15(18)10-20-12-5-6-13-11(4-2)8-16(19)21-14(13)9-12/h1,5-6,8-9H,4,7,10H2,2H3,(H,17,18). The van der Waals surface area contributed by atoms with Crippen molar-refractivity contribution in [1.29, 1.82) is 0 Å². The van der Waals surface area contributed by atoms with Crippen LogP contribution in [0.15, 0.2) is 33.5 Å². The van der Waals surface area contributed by atoms with Crippen LogP contribution in [0.2, 0.25) is 0 Å². The topological polar surface area (TPSA) is 68.5 Å². The Hall–Kier alpha value is -2.74. The summed E-state index contributed by atoms with van der Waals surface area (Å²) in [4.78, 5) is 22.9. The highest BCUT2D eigenvalue weighted by atomic mass is 16.5. The van der Waals surface area contributed by atoms with Crippen LogP contribution >= 0.6 is 0 Å². The molecule has 5 nitrogen and oxygen atoms in total. The Balaban J connectivity index is 2.18. The van der Waals surface area contributed by atoms with E-state index in [0.29, 0.717) is 11.3 Å². The van der Waals surface area contributed by atoms with Crippen molar-refractivity contribution in [3.63, 3.8) is 0 Å². The van der Waals surface area contributed by atoms with Gasteiger partial charge in [0.1, 0.15) is 11.3 Å². The number of rotatable bonds is 5. The van der Waals surface area contributed by atoms with Crippen molar-refractivity contribution in [2.24, 2.45) is 0 Å². The first kappa shape index (κ1) is 14.7. The van der Waals surface area contributed by atoms with Gasteiger partial charge in [-0.3, -0.25) is 4.79 Å². The van der Waals surface area contributed by atoms with E-state index in [1.54, 1.807) is 12.1 Å². The maximum Gasteiger partial charge on any atom is 0.336 e. The number of ether oxygens (including phenoxy) is 1. The Morgan fingerprint density at radius 2 is 2.24 bits per heavy atom. The summed E-state index contributed by atoms with van der Waals surface area (Å²) in [6.07, 6.45) is 5.77. The number of amides is 1. The zero-order chi connectivity index (χ0) is 15.2. The molecule has 0 aliphatic heterocycles. The van der Waals surface area contributed by atoms with E-state index in [1.807, 2.05) is 13.0 Å². The number of hydrogen-bond donors (Lipinski definition) is 1. The fourth-order valence-electron chi connectivity index (χ4n) is 1.94. The molecule has 0 fully saturated rings. The van der Waals surface area contributed by atoms with E-state index in [1.165, 1.54) is 6.07 Å². The molecule has 0 unspecified atom stereocenters. The smallest absolute Gasteiger partial charge is 0.336 e. The van der Waals surface area contributed by atoms with Crippen LogP contribution in [0.3, 0.4) is 0 Å². The average Bonchev–Trinajstić information content (AvgIpc) is 2.49. The lowest BCUT2D eigenvalue weighted by Crippen LogP contribution is -2.29. The van der Waals surface area contributed by atoms with Gasteiger partial charge in [-0.15, -0.1) is 6.42 Å². The van der Waals surface area contributed by atoms with Gasteiger partial charge >= 0.3 is 5.63 Å². The number of fused-ring (bicyclic) bond motifs is 1. The maximum atomic E-state index is 11.5. The van der Waals surface area contributed by atoms with Gasteiger partial charge < -0.3 is 14.5 Å². The largest absolute Gasteiger partial charge is 0.484 e. The van der Waals surface area contributed by atoms with Crippen LogP contribution in [0, 0.1) is 12.3 Å². The molecule has 1 aromatic heterocycles. The Morgan fingerprint density at radius 3 is 2.95 bits per heavy atom. The normalized spacial score (nSPS) is 10.1. The lowest BCUT2D eigenvalue weighted by atomic mass is 10.1. The summed E-state index contributed by atoms with van der Waals surface area (Å²) in [6.45, 7) is 1.98. The van der Waals surface area contributed by atoms with Crippen LogP contribution in [0.5, 0.6) is 5.75 Å². The molecule has 0 aliphatic carbocycles. The molecule has 5 heteroatoms. The summed E-state index contributed by atoms with van der Waals surface area (Å²) in [5.41, 5.74) is 0.962. The molecule has 21 heavy (non-hydrogen) atoms. The predicted molar refractivity (Wildman–Crippen MR) is 79.2 cm³/mol. The predicted octanol–water partition coefficient (Wildman–Crippen LogP) is 1.48. The molecule has 1 heterocycles. The first-order valence-electron chi connectivity index (χ1n) is 6.53. The number of hydrogen-bond acceptors (Lipinski definition) is 4. The molecule has 2 aromatic rings. The van der Waals surface area contributed by atoms with E-state index in [9.17, 15) is 9.59 Å². The number of carbonyl (C=O) groups is 1. The molecule has 108 valence electrons. The lowest BCUT2D eigenvalue weighted by molar-refractivity contribution is -0.122. The van der Waals surface area contributed by atoms with Crippen molar-refractivity contribution in [1.82, 2.24) is 5.32 Å². The van der Waals surface area contributed by atoms with Crippen LogP contribution in [-0.4, -0.2) is 19.1 Å². The SMILES string of the molecule is C#CCNC(=O)COc1ccc2c(CC)cc(=O)oc2c1. The monoisotopic (exact) mass is 285 g/mol. The highest BCUT2D eigenvalue weighted by molar-refractivity contribution is 5.82. The summed E-state index contributed by atoms with van der Waals surface area (Å²) < 4.78 is 10.5. The Labute approximate surface area is 121 Å². The van der Waals surface area contributed by atoms with Gasteiger partial charge in [-0.2, -0.15) is 0 Å². The van der Waals surface area contributed by atoms with Gasteiger partial charge in [0, 0.05) is 17.5 Å². The van der Waals surface area contributed by atoms with Crippen molar-refractivity contribution >= 4 is 16.9 Å². The van der Waals surface area contributed by atoms with Crippen LogP contribution < -0.4 is 15.7 Å². The number of terminal acetylenes is 1. The lowest BCUT2D eigenvalue weighted by Gasteiger charge is -2.08. The number of carbonyl (C=O) groups excluding carboxylic acids is 1. The van der Waals surface area contributed by atoms with E-state index >= 15 is 0 Å². The van der Waals surface area contributed by atoms with Gasteiger partial charge in [0.25, 0.3) is 5.91 Å². The highest BCUT2D eigenvalue weighted by Crippen LogP contribution is 2.22. The molecular weight excluding hydrogens is 270 g/mol. The first-order valence-corrected chi connectivity index (χ1v) is 6.53. The molecular formula is C16H15NO4. The first-order chi connectivity index (χ1) is 10.1. The Morgan fingerprint density at radius 1 is 1.43 bits per heavy atom. The van der Waals surface area contributed by atoms with Gasteiger partial charge in [-0.1, -0.05) is 12.8 Å². The van der Waals surface area contributed by atoms with Crippen LogP contribution in [0.25, 0.3) is 11.0 Å². The Bertz CT molecular complexity index is 755. The molecule has 0 bridgehead atoms. The summed E-state index contributed by atoms with van der Waals surface area (Å²) in [5.74, 6) is 2.45. The van der Waals surface area contributed by atoms with E-state index in [2.05, 4.69) is 11.2 Å². The average molecular weight is 285 g/mol. The van der Waals surface area contributed by atoms with Gasteiger partial charge in [0.15, 0.2) is 6.61 Å². The molecule has 1 amide bonds. The molecule has 0 spiro atoms. The van der Waals surface area contributed by atoms with Crippen LogP contribution in [-0.2, 0) is 11.2 Å². The summed E-state index contributed by atoms with van der Waals surface area (Å²) >= 11 is 0. The minimum absolute atomic E-state index is 0.148. The zero-order valence-electron chi connectivity index (χ0n) is 11.6. The minimum atomic E-state index is -0.400. The molecule has 0 aliphatic rings. The minimum Gasteiger partial charge on any atom is -0.484 e. The molecule has 1 aromatic carbocycles. The fourth-order valence-corrected chi connectivity index (χ4v) is 1.94. The van der Waals surface area contributed by atoms with E-state index in [-0.39, 0.29) is 19.1 Å². The van der Waals surface area contributed by atoms with Gasteiger partial charge in [-0.25, -0.2) is 4.79 Å². The van der Waals surface area contributed by atoms with Crippen molar-refractivity contribution in [3.05, 3.63) is 40.2 Å². The second-order valence-electron chi connectivity index (χ2n) is 4.37. The van der Waals surface area contributed by atoms with Crippen molar-refractivity contribution in [2.75, 3.05) is 13.2 Å². The highest BCUT2D eigenvalue weighted by Gasteiger charge is 2.07. The van der Waals surface area contributed by atoms with E-state index in [0.717, 1.165) is 17.4 Å². The van der Waals surface area contributed by atoms with Crippen molar-refractivity contribution < 1.29 is 13.9 Å². The summed E-state index contributed by atoms with van der Waals surface area (Å²) in [7, 11) is 0. The zero-order valence-corrected chi connectivity index (χ0v) is 11.6. The number of aryl methyl sites for hydroxylation is 1. The summed E-state index contributed by atoms with van der Waals surface area (Å²) in [6, 6.07) is 6.63. The maximum absolute atomic E-state index is 11.5. The molecule has 0 atom stereocenters. The molecule has 2 rings (SSSR count). The molecule has 1 N–H and O–H groups in total. The number of benzene rings is 1. The third kappa shape index (κ3) is 3.63. The van der Waals surface area contributed by atoms with Crippen LogP contribution in [0.1, 0.15) is 12.5 Å². The van der Waals surface area contributed by atoms with E-state index < -0.39 is 5.63 Å². The molecule has 0 saturated carbocycles. The van der Waals surface area contributed by atoms with Crippen molar-refractivity contribution in [2.45, 2.75) is 13.3 Å².